The Morgan fingerprint density at radius 3 is 2.28 bits per heavy atom. The Morgan fingerprint density at radius 1 is 1.00 bits per heavy atom. The Kier molecular flexibility index (Phi) is 6.00. The lowest BCUT2D eigenvalue weighted by molar-refractivity contribution is 0.0628. The molecule has 25 heavy (non-hydrogen) atoms. The van der Waals surface area contributed by atoms with Gasteiger partial charge < -0.3 is 4.90 Å². The SMILES string of the molecule is CCc1ccc(C(=O)N2CCN(Cc3ccc(Cl)cc3Cl)CC2)cc1. The quantitative estimate of drug-likeness (QED) is 0.783. The fourth-order valence-electron chi connectivity index (χ4n) is 3.07. The molecule has 0 bridgehead atoms. The lowest BCUT2D eigenvalue weighted by Gasteiger charge is -2.35. The van der Waals surface area contributed by atoms with Crippen LogP contribution in [0, 0.1) is 0 Å². The molecule has 3 nitrogen and oxygen atoms in total. The maximum Gasteiger partial charge on any atom is 0.253 e. The number of nitrogens with zero attached hydrogens (tertiary/aromatic N) is 2. The van der Waals surface area contributed by atoms with Gasteiger partial charge in [-0.2, -0.15) is 0 Å². The van der Waals surface area contributed by atoms with Gasteiger partial charge >= 0.3 is 0 Å². The number of hydrogen-bond donors (Lipinski definition) is 0. The number of piperazine rings is 1. The van der Waals surface area contributed by atoms with Crippen molar-refractivity contribution in [2.75, 3.05) is 26.2 Å². The lowest BCUT2D eigenvalue weighted by atomic mass is 10.1. The smallest absolute Gasteiger partial charge is 0.253 e. The standard InChI is InChI=1S/C20H22Cl2N2O/c1-2-15-3-5-16(6-4-15)20(25)24-11-9-23(10-12-24)14-17-7-8-18(21)13-19(17)22/h3-8,13H,2,9-12,14H2,1H3. The van der Waals surface area contributed by atoms with E-state index in [1.54, 1.807) is 6.07 Å². The van der Waals surface area contributed by atoms with E-state index in [1.165, 1.54) is 5.56 Å². The van der Waals surface area contributed by atoms with Gasteiger partial charge in [-0.25, -0.2) is 0 Å². The number of hydrogen-bond acceptors (Lipinski definition) is 2. The molecule has 2 aromatic carbocycles. The second kappa shape index (κ2) is 8.22. The van der Waals surface area contributed by atoms with Crippen molar-refractivity contribution in [2.24, 2.45) is 0 Å². The van der Waals surface area contributed by atoms with E-state index >= 15 is 0 Å². The maximum atomic E-state index is 12.6. The zero-order valence-corrected chi connectivity index (χ0v) is 15.9. The first-order valence-corrected chi connectivity index (χ1v) is 9.37. The number of amides is 1. The zero-order chi connectivity index (χ0) is 17.8. The first-order chi connectivity index (χ1) is 12.1. The molecule has 1 saturated heterocycles. The highest BCUT2D eigenvalue weighted by atomic mass is 35.5. The normalized spacial score (nSPS) is 15.4. The summed E-state index contributed by atoms with van der Waals surface area (Å²) in [7, 11) is 0. The molecule has 3 rings (SSSR count). The summed E-state index contributed by atoms with van der Waals surface area (Å²) in [6, 6.07) is 13.5. The fraction of sp³-hybridized carbons (Fsp3) is 0.350. The van der Waals surface area contributed by atoms with E-state index in [9.17, 15) is 4.79 Å². The molecular weight excluding hydrogens is 355 g/mol. The van der Waals surface area contributed by atoms with E-state index in [-0.39, 0.29) is 5.91 Å². The monoisotopic (exact) mass is 376 g/mol. The third kappa shape index (κ3) is 4.55. The minimum absolute atomic E-state index is 0.117. The number of benzene rings is 2. The molecule has 2 aromatic rings. The zero-order valence-electron chi connectivity index (χ0n) is 14.3. The molecule has 0 saturated carbocycles. The first kappa shape index (κ1) is 18.2. The van der Waals surface area contributed by atoms with Crippen molar-refractivity contribution < 1.29 is 4.79 Å². The fourth-order valence-corrected chi connectivity index (χ4v) is 3.53. The van der Waals surface area contributed by atoms with Crippen molar-refractivity contribution in [1.82, 2.24) is 9.80 Å². The van der Waals surface area contributed by atoms with Crippen LogP contribution in [0.3, 0.4) is 0 Å². The van der Waals surface area contributed by atoms with E-state index in [0.717, 1.165) is 50.3 Å². The largest absolute Gasteiger partial charge is 0.336 e. The third-order valence-electron chi connectivity index (χ3n) is 4.68. The number of halogens is 2. The van der Waals surface area contributed by atoms with Crippen molar-refractivity contribution >= 4 is 29.1 Å². The van der Waals surface area contributed by atoms with Crippen molar-refractivity contribution in [2.45, 2.75) is 19.9 Å². The van der Waals surface area contributed by atoms with Crippen LogP contribution in [0.15, 0.2) is 42.5 Å². The first-order valence-electron chi connectivity index (χ1n) is 8.61. The van der Waals surface area contributed by atoms with Crippen LogP contribution in [0.5, 0.6) is 0 Å². The van der Waals surface area contributed by atoms with E-state index in [2.05, 4.69) is 11.8 Å². The second-order valence-electron chi connectivity index (χ2n) is 6.35. The molecule has 0 aliphatic carbocycles. The molecule has 5 heteroatoms. The molecular formula is C20H22Cl2N2O. The summed E-state index contributed by atoms with van der Waals surface area (Å²) in [6.45, 7) is 6.06. The maximum absolute atomic E-state index is 12.6. The van der Waals surface area contributed by atoms with Gasteiger partial charge in [0.25, 0.3) is 5.91 Å². The molecule has 0 aromatic heterocycles. The molecule has 0 unspecified atom stereocenters. The molecule has 1 aliphatic rings. The van der Waals surface area contributed by atoms with Crippen LogP contribution < -0.4 is 0 Å². The minimum atomic E-state index is 0.117. The predicted molar refractivity (Wildman–Crippen MR) is 103 cm³/mol. The molecule has 0 N–H and O–H groups in total. The average molecular weight is 377 g/mol. The van der Waals surface area contributed by atoms with E-state index in [4.69, 9.17) is 23.2 Å². The summed E-state index contributed by atoms with van der Waals surface area (Å²) in [5.41, 5.74) is 3.09. The number of rotatable bonds is 4. The molecule has 1 aliphatic heterocycles. The Hall–Kier alpha value is -1.55. The predicted octanol–water partition coefficient (Wildman–Crippen LogP) is 4.51. The van der Waals surface area contributed by atoms with Crippen molar-refractivity contribution in [1.29, 1.82) is 0 Å². The summed E-state index contributed by atoms with van der Waals surface area (Å²) in [5.74, 6) is 0.117. The highest BCUT2D eigenvalue weighted by molar-refractivity contribution is 6.35. The van der Waals surface area contributed by atoms with Crippen molar-refractivity contribution in [3.8, 4) is 0 Å². The van der Waals surface area contributed by atoms with Gasteiger partial charge in [-0.3, -0.25) is 9.69 Å². The van der Waals surface area contributed by atoms with Gasteiger partial charge in [-0.1, -0.05) is 48.3 Å². The Labute approximate surface area is 159 Å². The topological polar surface area (TPSA) is 23.6 Å². The van der Waals surface area contributed by atoms with E-state index in [1.807, 2.05) is 41.3 Å². The molecule has 0 atom stereocenters. The number of aryl methyl sites for hydroxylation is 1. The molecule has 1 amide bonds. The third-order valence-corrected chi connectivity index (χ3v) is 5.26. The Balaban J connectivity index is 1.56. The number of carbonyl (C=O) groups is 1. The van der Waals surface area contributed by atoms with Gasteiger partial charge in [0.1, 0.15) is 0 Å². The van der Waals surface area contributed by atoms with Crippen LogP contribution in [0.2, 0.25) is 10.0 Å². The van der Waals surface area contributed by atoms with Gasteiger partial charge in [0.2, 0.25) is 0 Å². The van der Waals surface area contributed by atoms with Crippen LogP contribution in [0.4, 0.5) is 0 Å². The molecule has 1 fully saturated rings. The van der Waals surface area contributed by atoms with Gasteiger partial charge in [-0.05, 0) is 41.8 Å². The van der Waals surface area contributed by atoms with Crippen LogP contribution in [0.25, 0.3) is 0 Å². The summed E-state index contributed by atoms with van der Waals surface area (Å²) in [6.07, 6.45) is 0.987. The summed E-state index contributed by atoms with van der Waals surface area (Å²) in [5, 5.41) is 1.35. The minimum Gasteiger partial charge on any atom is -0.336 e. The van der Waals surface area contributed by atoms with Crippen LogP contribution in [0.1, 0.15) is 28.4 Å². The van der Waals surface area contributed by atoms with Gasteiger partial charge in [0.05, 0.1) is 0 Å². The van der Waals surface area contributed by atoms with Crippen LogP contribution >= 0.6 is 23.2 Å². The van der Waals surface area contributed by atoms with Crippen LogP contribution in [-0.4, -0.2) is 41.9 Å². The van der Waals surface area contributed by atoms with Gasteiger partial charge in [0.15, 0.2) is 0 Å². The Bertz CT molecular complexity index is 738. The highest BCUT2D eigenvalue weighted by Crippen LogP contribution is 2.23. The second-order valence-corrected chi connectivity index (χ2v) is 7.20. The summed E-state index contributed by atoms with van der Waals surface area (Å²) in [4.78, 5) is 16.9. The van der Waals surface area contributed by atoms with Gasteiger partial charge in [0, 0.05) is 48.3 Å². The summed E-state index contributed by atoms with van der Waals surface area (Å²) < 4.78 is 0. The van der Waals surface area contributed by atoms with Crippen molar-refractivity contribution in [3.63, 3.8) is 0 Å². The number of carbonyl (C=O) groups excluding carboxylic acids is 1. The summed E-state index contributed by atoms with van der Waals surface area (Å²) >= 11 is 12.2. The molecule has 0 spiro atoms. The average Bonchev–Trinajstić information content (AvgIpc) is 2.64. The van der Waals surface area contributed by atoms with Gasteiger partial charge in [-0.15, -0.1) is 0 Å². The van der Waals surface area contributed by atoms with E-state index < -0.39 is 0 Å². The lowest BCUT2D eigenvalue weighted by Crippen LogP contribution is -2.48. The van der Waals surface area contributed by atoms with E-state index in [0.29, 0.717) is 10.0 Å². The molecule has 132 valence electrons. The van der Waals surface area contributed by atoms with Crippen molar-refractivity contribution in [3.05, 3.63) is 69.2 Å². The highest BCUT2D eigenvalue weighted by Gasteiger charge is 2.22. The Morgan fingerprint density at radius 2 is 1.68 bits per heavy atom. The molecule has 0 radical (unpaired) electrons. The van der Waals surface area contributed by atoms with Crippen LogP contribution in [-0.2, 0) is 13.0 Å². The molecule has 1 heterocycles.